The van der Waals surface area contributed by atoms with Gasteiger partial charge in [0.15, 0.2) is 11.5 Å². The first-order valence-electron chi connectivity index (χ1n) is 6.79. The van der Waals surface area contributed by atoms with E-state index in [0.717, 1.165) is 5.56 Å². The molecule has 6 nitrogen and oxygen atoms in total. The van der Waals surface area contributed by atoms with Gasteiger partial charge in [0.25, 0.3) is 0 Å². The number of ether oxygens (including phenoxy) is 3. The lowest BCUT2D eigenvalue weighted by Gasteiger charge is -2.15. The van der Waals surface area contributed by atoms with Crippen LogP contribution in [-0.2, 0) is 4.74 Å². The lowest BCUT2D eigenvalue weighted by atomic mass is 10.1. The molecule has 0 unspecified atom stereocenters. The van der Waals surface area contributed by atoms with E-state index in [1.165, 1.54) is 14.2 Å². The highest BCUT2D eigenvalue weighted by Gasteiger charge is 2.36. The molecule has 1 aromatic carbocycles. The Labute approximate surface area is 128 Å². The molecule has 0 radical (unpaired) electrons. The van der Waals surface area contributed by atoms with Gasteiger partial charge in [-0.25, -0.2) is 9.78 Å². The third-order valence-electron chi connectivity index (χ3n) is 3.57. The fourth-order valence-corrected chi connectivity index (χ4v) is 2.47. The summed E-state index contributed by atoms with van der Waals surface area (Å²) in [5.74, 6) is 1.10. The van der Waals surface area contributed by atoms with Crippen molar-refractivity contribution in [3.63, 3.8) is 0 Å². The predicted octanol–water partition coefficient (Wildman–Crippen LogP) is 2.69. The maximum Gasteiger partial charge on any atom is 0.344 e. The van der Waals surface area contributed by atoms with Gasteiger partial charge in [0.2, 0.25) is 6.23 Å². The van der Waals surface area contributed by atoms with Crippen LogP contribution in [0.4, 0.5) is 5.82 Å². The number of fused-ring (bicyclic) bond motifs is 1. The number of aryl methyl sites for hydroxylation is 1. The molecule has 1 aliphatic heterocycles. The molecule has 6 heteroatoms. The number of anilines is 1. The van der Waals surface area contributed by atoms with Crippen LogP contribution in [0.5, 0.6) is 11.5 Å². The van der Waals surface area contributed by atoms with Gasteiger partial charge in [-0.1, -0.05) is 6.07 Å². The Kier molecular flexibility index (Phi) is 3.58. The van der Waals surface area contributed by atoms with E-state index in [0.29, 0.717) is 28.4 Å². The van der Waals surface area contributed by atoms with Crippen LogP contribution in [0, 0.1) is 6.92 Å². The maximum absolute atomic E-state index is 12.2. The van der Waals surface area contributed by atoms with Gasteiger partial charge in [-0.2, -0.15) is 0 Å². The molecule has 0 fully saturated rings. The van der Waals surface area contributed by atoms with E-state index in [1.54, 1.807) is 18.3 Å². The molecule has 1 N–H and O–H groups in total. The van der Waals surface area contributed by atoms with Crippen molar-refractivity contribution in [2.24, 2.45) is 0 Å². The lowest BCUT2D eigenvalue weighted by molar-refractivity contribution is 0.0434. The van der Waals surface area contributed by atoms with Gasteiger partial charge in [0.05, 0.1) is 14.2 Å². The van der Waals surface area contributed by atoms with E-state index < -0.39 is 12.2 Å². The summed E-state index contributed by atoms with van der Waals surface area (Å²) in [6, 6.07) is 7.32. The van der Waals surface area contributed by atoms with Gasteiger partial charge in [-0.05, 0) is 30.7 Å². The van der Waals surface area contributed by atoms with E-state index in [2.05, 4.69) is 10.3 Å². The van der Waals surface area contributed by atoms with Crippen LogP contribution < -0.4 is 14.8 Å². The van der Waals surface area contributed by atoms with Crippen molar-refractivity contribution >= 4 is 11.8 Å². The van der Waals surface area contributed by atoms with Gasteiger partial charge >= 0.3 is 5.97 Å². The Bertz CT molecular complexity index is 730. The van der Waals surface area contributed by atoms with Crippen LogP contribution >= 0.6 is 0 Å². The van der Waals surface area contributed by atoms with Crippen LogP contribution in [0.1, 0.15) is 27.7 Å². The number of carbonyl (C=O) groups is 1. The topological polar surface area (TPSA) is 69.7 Å². The number of hydrogen-bond acceptors (Lipinski definition) is 6. The molecule has 0 bridgehead atoms. The predicted molar refractivity (Wildman–Crippen MR) is 80.3 cm³/mol. The zero-order valence-corrected chi connectivity index (χ0v) is 12.5. The summed E-state index contributed by atoms with van der Waals surface area (Å²) in [6.07, 6.45) is 1.08. The van der Waals surface area contributed by atoms with E-state index in [4.69, 9.17) is 14.2 Å². The monoisotopic (exact) mass is 300 g/mol. The quantitative estimate of drug-likeness (QED) is 0.875. The Balaban J connectivity index is 2.00. The lowest BCUT2D eigenvalue weighted by Crippen LogP contribution is -2.12. The molecule has 1 atom stereocenters. The smallest absolute Gasteiger partial charge is 0.344 e. The number of nitrogens with zero attached hydrogens (tertiary/aromatic N) is 1. The first kappa shape index (κ1) is 14.2. The molecule has 0 amide bonds. The first-order chi connectivity index (χ1) is 10.7. The summed E-state index contributed by atoms with van der Waals surface area (Å²) in [5, 5.41) is 3.13. The number of hydrogen-bond donors (Lipinski definition) is 1. The van der Waals surface area contributed by atoms with Crippen LogP contribution in [0.25, 0.3) is 0 Å². The number of nitrogens with one attached hydrogen (secondary N) is 1. The van der Waals surface area contributed by atoms with E-state index in [-0.39, 0.29) is 0 Å². The van der Waals surface area contributed by atoms with E-state index in [1.807, 2.05) is 19.1 Å². The highest BCUT2D eigenvalue weighted by Crippen LogP contribution is 2.42. The van der Waals surface area contributed by atoms with Gasteiger partial charge in [-0.15, -0.1) is 0 Å². The number of esters is 1. The Hall–Kier alpha value is -2.76. The molecule has 1 aliphatic rings. The van der Waals surface area contributed by atoms with Crippen molar-refractivity contribution in [3.05, 3.63) is 47.2 Å². The van der Waals surface area contributed by atoms with Crippen molar-refractivity contribution in [1.29, 1.82) is 0 Å². The number of rotatable bonds is 4. The SMILES string of the molecule is COc1ccc2c(c1OC)C(=O)O[C@H]2Nc1ncccc1C. The molecule has 22 heavy (non-hydrogen) atoms. The van der Waals surface area contributed by atoms with E-state index in [9.17, 15) is 4.79 Å². The normalized spacial score (nSPS) is 16.0. The Morgan fingerprint density at radius 2 is 2.05 bits per heavy atom. The van der Waals surface area contributed by atoms with Crippen molar-refractivity contribution in [1.82, 2.24) is 4.98 Å². The van der Waals surface area contributed by atoms with Gasteiger partial charge in [0.1, 0.15) is 11.4 Å². The van der Waals surface area contributed by atoms with Crippen LogP contribution in [-0.4, -0.2) is 25.2 Å². The second-order valence-corrected chi connectivity index (χ2v) is 4.86. The molecule has 0 saturated carbocycles. The highest BCUT2D eigenvalue weighted by atomic mass is 16.6. The van der Waals surface area contributed by atoms with E-state index >= 15 is 0 Å². The summed E-state index contributed by atoms with van der Waals surface area (Å²) in [5.41, 5.74) is 2.05. The minimum atomic E-state index is -0.601. The van der Waals surface area contributed by atoms with Gasteiger partial charge in [0, 0.05) is 11.8 Å². The highest BCUT2D eigenvalue weighted by molar-refractivity contribution is 5.98. The maximum atomic E-state index is 12.2. The number of aromatic nitrogens is 1. The summed E-state index contributed by atoms with van der Waals surface area (Å²) in [7, 11) is 3.02. The largest absolute Gasteiger partial charge is 0.493 e. The molecular weight excluding hydrogens is 284 g/mol. The molecule has 114 valence electrons. The summed E-state index contributed by atoms with van der Waals surface area (Å²) in [6.45, 7) is 1.93. The molecule has 0 aliphatic carbocycles. The van der Waals surface area contributed by atoms with Crippen LogP contribution in [0.3, 0.4) is 0 Å². The molecule has 0 spiro atoms. The zero-order chi connectivity index (χ0) is 15.7. The Morgan fingerprint density at radius 1 is 1.23 bits per heavy atom. The summed E-state index contributed by atoms with van der Waals surface area (Å²) in [4.78, 5) is 16.4. The van der Waals surface area contributed by atoms with Crippen LogP contribution in [0.15, 0.2) is 30.5 Å². The number of methoxy groups -OCH3 is 2. The molecular formula is C16H16N2O4. The van der Waals surface area contributed by atoms with Crippen molar-refractivity contribution in [2.45, 2.75) is 13.2 Å². The van der Waals surface area contributed by atoms with Crippen molar-refractivity contribution in [3.8, 4) is 11.5 Å². The minimum Gasteiger partial charge on any atom is -0.493 e. The third-order valence-corrected chi connectivity index (χ3v) is 3.57. The van der Waals surface area contributed by atoms with Gasteiger partial charge < -0.3 is 19.5 Å². The molecule has 3 rings (SSSR count). The number of cyclic esters (lactones) is 1. The molecule has 2 aromatic rings. The zero-order valence-electron chi connectivity index (χ0n) is 12.5. The number of pyridine rings is 1. The second-order valence-electron chi connectivity index (χ2n) is 4.86. The standard InChI is InChI=1S/C16H16N2O4/c1-9-5-4-8-17-14(9)18-15-10-6-7-11(20-2)13(21-3)12(10)16(19)22-15/h4-8,15H,1-3H3,(H,17,18)/t15-/m1/s1. The minimum absolute atomic E-state index is 0.382. The fraction of sp³-hybridized carbons (Fsp3) is 0.250. The van der Waals surface area contributed by atoms with Crippen LogP contribution in [0.2, 0.25) is 0 Å². The average molecular weight is 300 g/mol. The van der Waals surface area contributed by atoms with Crippen molar-refractivity contribution in [2.75, 3.05) is 19.5 Å². The average Bonchev–Trinajstić information content (AvgIpc) is 2.85. The first-order valence-corrected chi connectivity index (χ1v) is 6.79. The molecule has 0 saturated heterocycles. The third kappa shape index (κ3) is 2.22. The molecule has 2 heterocycles. The summed E-state index contributed by atoms with van der Waals surface area (Å²) >= 11 is 0. The number of carbonyl (C=O) groups excluding carboxylic acids is 1. The summed E-state index contributed by atoms with van der Waals surface area (Å²) < 4.78 is 15.9. The molecule has 1 aromatic heterocycles. The fourth-order valence-electron chi connectivity index (χ4n) is 2.47. The number of benzene rings is 1. The van der Waals surface area contributed by atoms with Crippen molar-refractivity contribution < 1.29 is 19.0 Å². The van der Waals surface area contributed by atoms with Gasteiger partial charge in [-0.3, -0.25) is 0 Å². The second kappa shape index (κ2) is 5.55. The Morgan fingerprint density at radius 3 is 2.73 bits per heavy atom.